The Hall–Kier alpha value is -4.52. The summed E-state index contributed by atoms with van der Waals surface area (Å²) in [5, 5.41) is 3.06. The number of hydrogen-bond acceptors (Lipinski definition) is 5. The molecule has 2 atom stereocenters. The highest BCUT2D eigenvalue weighted by Crippen LogP contribution is 2.30. The van der Waals surface area contributed by atoms with Crippen LogP contribution in [0.25, 0.3) is 11.1 Å². The van der Waals surface area contributed by atoms with Crippen LogP contribution in [0.4, 0.5) is 0 Å². The average molecular weight is 552 g/mol. The molecule has 2 aromatic carbocycles. The van der Waals surface area contributed by atoms with Gasteiger partial charge in [-0.2, -0.15) is 0 Å². The molecule has 0 aliphatic carbocycles. The Bertz CT molecular complexity index is 1520. The van der Waals surface area contributed by atoms with Crippen LogP contribution in [0.15, 0.2) is 96.2 Å². The number of amides is 1. The average Bonchev–Trinajstić information content (AvgIpc) is 2.95. The lowest BCUT2D eigenvalue weighted by Gasteiger charge is -2.25. The molecule has 4 rings (SSSR count). The fraction of sp³-hybridized carbons (Fsp3) is 0.294. The van der Waals surface area contributed by atoms with Crippen LogP contribution in [-0.2, 0) is 20.9 Å². The van der Waals surface area contributed by atoms with Crippen molar-refractivity contribution >= 4 is 11.9 Å². The molecule has 0 aliphatic heterocycles. The molecule has 2 unspecified atom stereocenters. The summed E-state index contributed by atoms with van der Waals surface area (Å²) in [4.78, 5) is 44.0. The number of pyridine rings is 2. The number of aromatic nitrogens is 2. The van der Waals surface area contributed by atoms with Crippen LogP contribution >= 0.6 is 0 Å². The molecule has 0 bridgehead atoms. The molecule has 0 radical (unpaired) electrons. The van der Waals surface area contributed by atoms with Gasteiger partial charge in [-0.3, -0.25) is 19.4 Å². The van der Waals surface area contributed by atoms with Gasteiger partial charge in [0.1, 0.15) is 12.6 Å². The lowest BCUT2D eigenvalue weighted by Crippen LogP contribution is -2.40. The van der Waals surface area contributed by atoms with Gasteiger partial charge in [0.25, 0.3) is 5.56 Å². The van der Waals surface area contributed by atoms with Crippen molar-refractivity contribution < 1.29 is 14.3 Å². The predicted molar refractivity (Wildman–Crippen MR) is 160 cm³/mol. The lowest BCUT2D eigenvalue weighted by atomic mass is 9.94. The minimum atomic E-state index is -0.735. The fourth-order valence-electron chi connectivity index (χ4n) is 5.03. The van der Waals surface area contributed by atoms with Crippen LogP contribution in [0.3, 0.4) is 0 Å². The topological polar surface area (TPSA) is 90.3 Å². The van der Waals surface area contributed by atoms with E-state index in [0.717, 1.165) is 27.8 Å². The molecule has 0 fully saturated rings. The van der Waals surface area contributed by atoms with Crippen molar-refractivity contribution in [2.45, 2.75) is 59.2 Å². The second-order valence-electron chi connectivity index (χ2n) is 10.8. The summed E-state index contributed by atoms with van der Waals surface area (Å²) in [6, 6.07) is 20.9. The van der Waals surface area contributed by atoms with Crippen LogP contribution < -0.4 is 10.9 Å². The van der Waals surface area contributed by atoms with Gasteiger partial charge in [-0.15, -0.1) is 0 Å². The number of ether oxygens (including phenoxy) is 1. The Labute approximate surface area is 241 Å². The van der Waals surface area contributed by atoms with Crippen molar-refractivity contribution in [1.29, 1.82) is 0 Å². The van der Waals surface area contributed by atoms with E-state index in [4.69, 9.17) is 4.74 Å². The fourth-order valence-corrected chi connectivity index (χ4v) is 5.03. The van der Waals surface area contributed by atoms with E-state index in [-0.39, 0.29) is 30.4 Å². The maximum atomic E-state index is 13.8. The molecule has 1 N–H and O–H groups in total. The van der Waals surface area contributed by atoms with Crippen LogP contribution in [0.5, 0.6) is 0 Å². The predicted octanol–water partition coefficient (Wildman–Crippen LogP) is 6.11. The quantitative estimate of drug-likeness (QED) is 0.227. The molecule has 7 nitrogen and oxygen atoms in total. The van der Waals surface area contributed by atoms with E-state index in [2.05, 4.69) is 10.3 Å². The van der Waals surface area contributed by atoms with Crippen molar-refractivity contribution in [3.63, 3.8) is 0 Å². The van der Waals surface area contributed by atoms with E-state index in [1.54, 1.807) is 30.7 Å². The Balaban J connectivity index is 1.66. The van der Waals surface area contributed by atoms with Crippen molar-refractivity contribution in [2.24, 2.45) is 5.92 Å². The van der Waals surface area contributed by atoms with Crippen molar-refractivity contribution in [1.82, 2.24) is 14.9 Å². The summed E-state index contributed by atoms with van der Waals surface area (Å²) in [5.41, 5.74) is 5.46. The third-order valence-corrected chi connectivity index (χ3v) is 7.05. The van der Waals surface area contributed by atoms with Gasteiger partial charge in [0, 0.05) is 30.2 Å². The molecule has 0 saturated heterocycles. The first-order valence-corrected chi connectivity index (χ1v) is 13.9. The first-order valence-electron chi connectivity index (χ1n) is 13.9. The molecule has 2 heterocycles. The zero-order chi connectivity index (χ0) is 29.4. The van der Waals surface area contributed by atoms with Gasteiger partial charge in [0.15, 0.2) is 0 Å². The molecular weight excluding hydrogens is 514 g/mol. The molecule has 0 aliphatic rings. The highest BCUT2D eigenvalue weighted by atomic mass is 16.5. The number of hydrogen-bond donors (Lipinski definition) is 1. The van der Waals surface area contributed by atoms with E-state index in [0.29, 0.717) is 12.0 Å². The Kier molecular flexibility index (Phi) is 9.85. The minimum Gasteiger partial charge on any atom is -0.461 e. The third kappa shape index (κ3) is 7.78. The van der Waals surface area contributed by atoms with Crippen molar-refractivity contribution in [3.8, 4) is 11.1 Å². The second-order valence-corrected chi connectivity index (χ2v) is 10.8. The van der Waals surface area contributed by atoms with Crippen molar-refractivity contribution in [2.75, 3.05) is 0 Å². The van der Waals surface area contributed by atoms with Gasteiger partial charge in [0.05, 0.1) is 12.5 Å². The smallest absolute Gasteiger partial charge is 0.308 e. The first-order chi connectivity index (χ1) is 19.7. The Morgan fingerprint density at radius 1 is 0.927 bits per heavy atom. The molecule has 212 valence electrons. The number of esters is 1. The molecule has 0 saturated carbocycles. The molecule has 41 heavy (non-hydrogen) atoms. The summed E-state index contributed by atoms with van der Waals surface area (Å²) >= 11 is 0. The monoisotopic (exact) mass is 551 g/mol. The number of benzene rings is 2. The zero-order valence-electron chi connectivity index (χ0n) is 24.0. The number of aryl methyl sites for hydroxylation is 2. The van der Waals surface area contributed by atoms with Gasteiger partial charge in [-0.05, 0) is 66.1 Å². The highest BCUT2D eigenvalue weighted by Gasteiger charge is 2.27. The van der Waals surface area contributed by atoms with E-state index in [1.807, 2.05) is 82.3 Å². The summed E-state index contributed by atoms with van der Waals surface area (Å²) < 4.78 is 7.03. The number of nitrogens with zero attached hydrogens (tertiary/aromatic N) is 2. The van der Waals surface area contributed by atoms with Gasteiger partial charge in [-0.25, -0.2) is 0 Å². The van der Waals surface area contributed by atoms with E-state index >= 15 is 0 Å². The van der Waals surface area contributed by atoms with Crippen LogP contribution in [-0.4, -0.2) is 21.4 Å². The minimum absolute atomic E-state index is 0.0887. The Morgan fingerprint density at radius 3 is 2.32 bits per heavy atom. The third-order valence-electron chi connectivity index (χ3n) is 7.05. The second kappa shape index (κ2) is 13.7. The van der Waals surface area contributed by atoms with Crippen LogP contribution in [0.2, 0.25) is 0 Å². The maximum Gasteiger partial charge on any atom is 0.308 e. The van der Waals surface area contributed by atoms with Gasteiger partial charge >= 0.3 is 5.97 Å². The van der Waals surface area contributed by atoms with Gasteiger partial charge in [0.2, 0.25) is 5.91 Å². The van der Waals surface area contributed by atoms with Gasteiger partial charge in [-0.1, -0.05) is 68.4 Å². The molecule has 7 heteroatoms. The summed E-state index contributed by atoms with van der Waals surface area (Å²) in [6.45, 7) is 8.23. The maximum absolute atomic E-state index is 13.8. The van der Waals surface area contributed by atoms with E-state index in [1.165, 1.54) is 10.6 Å². The molecule has 0 spiro atoms. The number of nitrogens with one attached hydrogen (secondary N) is 1. The molecule has 2 aromatic heterocycles. The van der Waals surface area contributed by atoms with Crippen molar-refractivity contribution in [3.05, 3.63) is 124 Å². The van der Waals surface area contributed by atoms with Crippen LogP contribution in [0.1, 0.15) is 61.0 Å². The largest absolute Gasteiger partial charge is 0.461 e. The van der Waals surface area contributed by atoms with Crippen LogP contribution in [0, 0.1) is 19.8 Å². The number of carbonyl (C=O) groups is 2. The number of carbonyl (C=O) groups excluding carboxylic acids is 2. The summed E-state index contributed by atoms with van der Waals surface area (Å²) in [6.07, 6.45) is 5.45. The Morgan fingerprint density at radius 2 is 1.63 bits per heavy atom. The highest BCUT2D eigenvalue weighted by molar-refractivity contribution is 5.82. The SMILES string of the molecule is Cc1cccc(C)c1-c1cncc(C(CC(=O)OCc2ccccc2)NC(=O)C(CC(C)C)n2ccccc2=O)c1. The van der Waals surface area contributed by atoms with E-state index in [9.17, 15) is 14.4 Å². The van der Waals surface area contributed by atoms with E-state index < -0.39 is 18.1 Å². The van der Waals surface area contributed by atoms with Gasteiger partial charge < -0.3 is 14.6 Å². The zero-order valence-corrected chi connectivity index (χ0v) is 24.0. The first kappa shape index (κ1) is 29.5. The molecule has 1 amide bonds. The molecule has 4 aromatic rings. The lowest BCUT2D eigenvalue weighted by molar-refractivity contribution is -0.145. The number of rotatable bonds is 11. The molecular formula is C34H37N3O4. The standard InChI is InChI=1S/C34H37N3O4/c1-23(2)17-30(37-16-9-8-15-31(37)38)34(40)36-29(19-32(39)41-22-26-13-6-5-7-14-26)27-18-28(21-35-20-27)33-24(3)11-10-12-25(33)4/h5-16,18,20-21,23,29-30H,17,19,22H2,1-4H3,(H,36,40). The normalized spacial score (nSPS) is 12.5. The summed E-state index contributed by atoms with van der Waals surface area (Å²) in [5.74, 6) is -0.638. The summed E-state index contributed by atoms with van der Waals surface area (Å²) in [7, 11) is 0.